The van der Waals surface area contributed by atoms with Crippen LogP contribution in [0.25, 0.3) is 0 Å². The van der Waals surface area contributed by atoms with Crippen molar-refractivity contribution in [1.29, 1.82) is 0 Å². The third kappa shape index (κ3) is 6.56. The van der Waals surface area contributed by atoms with Gasteiger partial charge in [-0.1, -0.05) is 4.89 Å². The van der Waals surface area contributed by atoms with Crippen LogP contribution in [0.15, 0.2) is 0 Å². The molecule has 1 amide bonds. The Balaban J connectivity index is 4.86. The van der Waals surface area contributed by atoms with Crippen molar-refractivity contribution >= 4 is 25.1 Å². The minimum Gasteiger partial charge on any atom is -0.464 e. The number of amides is 1. The van der Waals surface area contributed by atoms with E-state index in [9.17, 15) is 13.2 Å². The number of hydrogen-bond donors (Lipinski definition) is 3. The second-order valence-electron chi connectivity index (χ2n) is 4.04. The molecule has 132 valence electrons. The molecular weight excluding hydrogens is 336 g/mol. The van der Waals surface area contributed by atoms with Crippen LogP contribution in [0.1, 0.15) is 27.2 Å². The van der Waals surface area contributed by atoms with E-state index in [4.69, 9.17) is 23.6 Å². The fourth-order valence-electron chi connectivity index (χ4n) is 1.81. The topological polar surface area (TPSA) is 135 Å². The predicted molar refractivity (Wildman–Crippen MR) is 78.6 cm³/mol. The molecule has 0 aromatic carbocycles. The first-order valence-electron chi connectivity index (χ1n) is 6.86. The summed E-state index contributed by atoms with van der Waals surface area (Å²) in [4.78, 5) is 11.9. The van der Waals surface area contributed by atoms with Crippen LogP contribution in [0.3, 0.4) is 0 Å². The smallest absolute Gasteiger partial charge is 0.464 e. The van der Waals surface area contributed by atoms with Crippen LogP contribution in [0.5, 0.6) is 0 Å². The number of carboxylic acid groups (broad SMARTS) is 1. The molecule has 0 atom stereocenters. The van der Waals surface area contributed by atoms with Crippen molar-refractivity contribution in [1.82, 2.24) is 9.19 Å². The molecule has 0 rings (SSSR count). The quantitative estimate of drug-likeness (QED) is 0.341. The summed E-state index contributed by atoms with van der Waals surface area (Å²) in [6.45, 7) is 6.09. The molecular formula is C10H24N2O8SSi. The number of carbonyl (C=O) groups is 1. The molecule has 12 heteroatoms. The molecule has 0 aromatic rings. The summed E-state index contributed by atoms with van der Waals surface area (Å²) in [5.41, 5.74) is 0. The van der Waals surface area contributed by atoms with Gasteiger partial charge in [-0.05, 0) is 27.2 Å². The minimum absolute atomic E-state index is 0.107. The monoisotopic (exact) mass is 360 g/mol. The van der Waals surface area contributed by atoms with Gasteiger partial charge >= 0.3 is 25.1 Å². The first-order chi connectivity index (χ1) is 10.3. The van der Waals surface area contributed by atoms with Crippen molar-refractivity contribution in [2.45, 2.75) is 33.2 Å². The standard InChI is InChI=1S/C10H24N2O8SSi/c1-4-18-22(19-5-2,20-6-3)9-7-8-12(10(13)14)21(16,17)11-15/h11,15H,4-9H2,1-3H3,(H,13,14). The van der Waals surface area contributed by atoms with Gasteiger partial charge in [0.15, 0.2) is 0 Å². The van der Waals surface area contributed by atoms with Crippen LogP contribution in [0.2, 0.25) is 6.04 Å². The highest BCUT2D eigenvalue weighted by Gasteiger charge is 2.40. The first-order valence-corrected chi connectivity index (χ1v) is 10.2. The summed E-state index contributed by atoms with van der Waals surface area (Å²) >= 11 is 0. The molecule has 0 radical (unpaired) electrons. The van der Waals surface area contributed by atoms with Crippen molar-refractivity contribution < 1.29 is 36.8 Å². The highest BCUT2D eigenvalue weighted by Crippen LogP contribution is 2.19. The lowest BCUT2D eigenvalue weighted by atomic mass is 10.5. The van der Waals surface area contributed by atoms with Gasteiger partial charge in [0, 0.05) is 32.4 Å². The summed E-state index contributed by atoms with van der Waals surface area (Å²) in [6, 6.07) is 0.257. The minimum atomic E-state index is -4.48. The Morgan fingerprint density at radius 1 is 1.14 bits per heavy atom. The van der Waals surface area contributed by atoms with Gasteiger partial charge < -0.3 is 23.6 Å². The third-order valence-electron chi connectivity index (χ3n) is 2.56. The second-order valence-corrected chi connectivity index (χ2v) is 8.34. The fourth-order valence-corrected chi connectivity index (χ4v) is 5.08. The SMILES string of the molecule is CCO[Si](CCCN(C(=O)O)S(=O)(=O)NO)(OCC)OCC. The summed E-state index contributed by atoms with van der Waals surface area (Å²) in [5, 5.41) is 17.4. The summed E-state index contributed by atoms with van der Waals surface area (Å²) in [5.74, 6) is 0. The van der Waals surface area contributed by atoms with E-state index in [1.165, 1.54) is 0 Å². The highest BCUT2D eigenvalue weighted by atomic mass is 32.2. The van der Waals surface area contributed by atoms with Crippen LogP contribution < -0.4 is 4.89 Å². The Morgan fingerprint density at radius 3 is 1.91 bits per heavy atom. The van der Waals surface area contributed by atoms with E-state index in [1.54, 1.807) is 20.8 Å². The molecule has 0 saturated carbocycles. The lowest BCUT2D eigenvalue weighted by Gasteiger charge is -2.29. The predicted octanol–water partition coefficient (Wildman–Crippen LogP) is 0.629. The molecule has 0 aromatic heterocycles. The fraction of sp³-hybridized carbons (Fsp3) is 0.900. The van der Waals surface area contributed by atoms with Crippen molar-refractivity contribution in [2.75, 3.05) is 26.4 Å². The largest absolute Gasteiger partial charge is 0.500 e. The zero-order valence-corrected chi connectivity index (χ0v) is 14.8. The lowest BCUT2D eigenvalue weighted by molar-refractivity contribution is 0.0702. The third-order valence-corrected chi connectivity index (χ3v) is 6.86. The Kier molecular flexibility index (Phi) is 9.74. The molecule has 3 N–H and O–H groups in total. The van der Waals surface area contributed by atoms with E-state index in [1.807, 2.05) is 0 Å². The molecule has 22 heavy (non-hydrogen) atoms. The van der Waals surface area contributed by atoms with Crippen molar-refractivity contribution in [3.63, 3.8) is 0 Å². The van der Waals surface area contributed by atoms with Crippen molar-refractivity contribution in [3.05, 3.63) is 0 Å². The van der Waals surface area contributed by atoms with Gasteiger partial charge in [0.05, 0.1) is 0 Å². The van der Waals surface area contributed by atoms with Gasteiger partial charge in [0.25, 0.3) is 0 Å². The Bertz CT molecular complexity index is 416. The van der Waals surface area contributed by atoms with Crippen LogP contribution in [-0.4, -0.2) is 64.3 Å². The number of rotatable bonds is 12. The maximum Gasteiger partial charge on any atom is 0.500 e. The van der Waals surface area contributed by atoms with Gasteiger partial charge in [0.1, 0.15) is 0 Å². The highest BCUT2D eigenvalue weighted by molar-refractivity contribution is 7.87. The normalized spacial score (nSPS) is 12.4. The van der Waals surface area contributed by atoms with E-state index >= 15 is 0 Å². The maximum absolute atomic E-state index is 11.4. The molecule has 0 spiro atoms. The van der Waals surface area contributed by atoms with Crippen LogP contribution in [-0.2, 0) is 23.5 Å². The van der Waals surface area contributed by atoms with Crippen molar-refractivity contribution in [3.8, 4) is 0 Å². The molecule has 0 aliphatic rings. The molecule has 0 aliphatic carbocycles. The molecule has 0 heterocycles. The molecule has 0 fully saturated rings. The van der Waals surface area contributed by atoms with Crippen LogP contribution >= 0.6 is 0 Å². The van der Waals surface area contributed by atoms with Crippen molar-refractivity contribution in [2.24, 2.45) is 0 Å². The molecule has 0 aliphatic heterocycles. The van der Waals surface area contributed by atoms with Gasteiger partial charge in [-0.15, -0.1) is 0 Å². The van der Waals surface area contributed by atoms with Gasteiger partial charge in [-0.3, -0.25) is 0 Å². The zero-order valence-electron chi connectivity index (χ0n) is 12.9. The Labute approximate surface area is 131 Å². The van der Waals surface area contributed by atoms with Gasteiger partial charge in [-0.25, -0.2) is 4.79 Å². The number of nitrogens with zero attached hydrogens (tertiary/aromatic N) is 1. The van der Waals surface area contributed by atoms with E-state index in [-0.39, 0.29) is 23.3 Å². The summed E-state index contributed by atoms with van der Waals surface area (Å²) < 4.78 is 39.6. The van der Waals surface area contributed by atoms with Crippen LogP contribution in [0.4, 0.5) is 4.79 Å². The second kappa shape index (κ2) is 10.1. The van der Waals surface area contributed by atoms with E-state index in [0.717, 1.165) is 4.89 Å². The van der Waals surface area contributed by atoms with E-state index < -0.39 is 25.1 Å². The molecule has 0 unspecified atom stereocenters. The van der Waals surface area contributed by atoms with E-state index in [2.05, 4.69) is 0 Å². The number of nitrogens with one attached hydrogen (secondary N) is 1. The summed E-state index contributed by atoms with van der Waals surface area (Å²) in [6.07, 6.45) is -1.56. The Hall–Kier alpha value is -0.763. The molecule has 0 bridgehead atoms. The summed E-state index contributed by atoms with van der Waals surface area (Å²) in [7, 11) is -7.45. The zero-order chi connectivity index (χ0) is 17.2. The Morgan fingerprint density at radius 2 is 1.59 bits per heavy atom. The molecule has 0 saturated heterocycles. The first kappa shape index (κ1) is 21.2. The van der Waals surface area contributed by atoms with Crippen LogP contribution in [0, 0.1) is 0 Å². The molecule has 10 nitrogen and oxygen atoms in total. The number of hydrogen-bond acceptors (Lipinski definition) is 7. The lowest BCUT2D eigenvalue weighted by Crippen LogP contribution is -2.47. The van der Waals surface area contributed by atoms with E-state index in [0.29, 0.717) is 19.8 Å². The van der Waals surface area contributed by atoms with Gasteiger partial charge in [0.2, 0.25) is 0 Å². The average Bonchev–Trinajstić information content (AvgIpc) is 2.44. The average molecular weight is 360 g/mol. The maximum atomic E-state index is 11.4. The van der Waals surface area contributed by atoms with Gasteiger partial charge in [-0.2, -0.15) is 12.7 Å².